The predicted molar refractivity (Wildman–Crippen MR) is 179 cm³/mol. The van der Waals surface area contributed by atoms with Gasteiger partial charge < -0.3 is 4.90 Å². The van der Waals surface area contributed by atoms with Gasteiger partial charge in [0.15, 0.2) is 0 Å². The van der Waals surface area contributed by atoms with E-state index in [1.165, 1.54) is 66.3 Å². The van der Waals surface area contributed by atoms with Gasteiger partial charge in [-0.1, -0.05) is 141 Å². The molecule has 7 aromatic rings. The van der Waals surface area contributed by atoms with Crippen LogP contribution in [0.25, 0.3) is 43.8 Å². The van der Waals surface area contributed by atoms with Gasteiger partial charge in [-0.3, -0.25) is 0 Å². The van der Waals surface area contributed by atoms with E-state index in [1.807, 2.05) is 0 Å². The van der Waals surface area contributed by atoms with Crippen molar-refractivity contribution in [1.82, 2.24) is 0 Å². The van der Waals surface area contributed by atoms with Crippen molar-refractivity contribution in [3.63, 3.8) is 0 Å². The van der Waals surface area contributed by atoms with E-state index in [2.05, 4.69) is 170 Å². The lowest BCUT2D eigenvalue weighted by Crippen LogP contribution is -2.16. The molecule has 0 fully saturated rings. The highest BCUT2D eigenvalue weighted by Crippen LogP contribution is 2.55. The molecule has 0 amide bonds. The topological polar surface area (TPSA) is 3.24 Å². The fourth-order valence-electron chi connectivity index (χ4n) is 6.97. The van der Waals surface area contributed by atoms with Crippen molar-refractivity contribution < 1.29 is 0 Å². The Hall–Kier alpha value is -5.14. The highest BCUT2D eigenvalue weighted by Gasteiger charge is 2.38. The van der Waals surface area contributed by atoms with Crippen molar-refractivity contribution >= 4 is 38.6 Å². The van der Waals surface area contributed by atoms with Crippen LogP contribution in [0.2, 0.25) is 0 Å². The maximum absolute atomic E-state index is 2.50. The molecule has 0 bridgehead atoms. The normalized spacial score (nSPS) is 13.2. The Balaban J connectivity index is 1.49. The van der Waals surface area contributed by atoms with Gasteiger partial charge in [-0.25, -0.2) is 0 Å². The monoisotopic (exact) mass is 537 g/mol. The predicted octanol–water partition coefficient (Wildman–Crippen LogP) is 11.4. The summed E-state index contributed by atoms with van der Waals surface area (Å²) in [6, 6.07) is 55.5. The van der Waals surface area contributed by atoms with Crippen LogP contribution in [-0.4, -0.2) is 0 Å². The summed E-state index contributed by atoms with van der Waals surface area (Å²) in [6.07, 6.45) is 0. The Kier molecular flexibility index (Phi) is 5.55. The third kappa shape index (κ3) is 3.71. The summed E-state index contributed by atoms with van der Waals surface area (Å²) in [6.45, 7) is 4.71. The molecule has 0 saturated heterocycles. The molecule has 0 radical (unpaired) electrons. The molecule has 0 N–H and O–H groups in total. The van der Waals surface area contributed by atoms with E-state index in [0.717, 1.165) is 5.69 Å². The summed E-state index contributed by atoms with van der Waals surface area (Å²) >= 11 is 0. The van der Waals surface area contributed by atoms with Gasteiger partial charge in [0.1, 0.15) is 0 Å². The zero-order valence-electron chi connectivity index (χ0n) is 23.9. The van der Waals surface area contributed by atoms with E-state index in [0.29, 0.717) is 0 Å². The molecule has 1 aliphatic carbocycles. The molecular weight excluding hydrogens is 506 g/mol. The molecule has 0 atom stereocenters. The van der Waals surface area contributed by atoms with Gasteiger partial charge in [0.2, 0.25) is 0 Å². The molecule has 1 nitrogen and oxygen atoms in total. The van der Waals surface area contributed by atoms with Gasteiger partial charge in [-0.15, -0.1) is 0 Å². The van der Waals surface area contributed by atoms with Crippen LogP contribution in [0.4, 0.5) is 17.1 Å². The molecule has 42 heavy (non-hydrogen) atoms. The third-order valence-electron chi connectivity index (χ3n) is 9.03. The van der Waals surface area contributed by atoms with E-state index in [4.69, 9.17) is 0 Å². The second-order valence-electron chi connectivity index (χ2n) is 11.8. The molecule has 1 heteroatoms. The van der Waals surface area contributed by atoms with Crippen molar-refractivity contribution in [2.24, 2.45) is 0 Å². The molecule has 8 rings (SSSR count). The van der Waals surface area contributed by atoms with Gasteiger partial charge in [0.05, 0.1) is 11.4 Å². The molecule has 0 unspecified atom stereocenters. The van der Waals surface area contributed by atoms with Gasteiger partial charge in [-0.2, -0.15) is 0 Å². The van der Waals surface area contributed by atoms with Crippen LogP contribution in [0.3, 0.4) is 0 Å². The molecule has 0 aromatic heterocycles. The van der Waals surface area contributed by atoms with Gasteiger partial charge in [0, 0.05) is 27.6 Å². The smallest absolute Gasteiger partial charge is 0.0618 e. The third-order valence-corrected chi connectivity index (χ3v) is 9.03. The largest absolute Gasteiger partial charge is 0.309 e. The fourth-order valence-corrected chi connectivity index (χ4v) is 6.97. The number of nitrogens with zero attached hydrogens (tertiary/aromatic N) is 1. The summed E-state index contributed by atoms with van der Waals surface area (Å²) in [5.74, 6) is 0. The molecule has 0 spiro atoms. The molecule has 1 aliphatic rings. The minimum absolute atomic E-state index is 0.0791. The summed E-state index contributed by atoms with van der Waals surface area (Å²) in [4.78, 5) is 2.50. The summed E-state index contributed by atoms with van der Waals surface area (Å²) in [5.41, 5.74) is 11.3. The first-order chi connectivity index (χ1) is 20.6. The van der Waals surface area contributed by atoms with Crippen molar-refractivity contribution in [3.8, 4) is 22.3 Å². The molecule has 0 aliphatic heterocycles. The number of benzene rings is 7. The Labute approximate surface area is 247 Å². The van der Waals surface area contributed by atoms with Crippen molar-refractivity contribution in [1.29, 1.82) is 0 Å². The van der Waals surface area contributed by atoms with Crippen molar-refractivity contribution in [2.75, 3.05) is 4.90 Å². The SMILES string of the molecule is CC1(C)c2ccccc2-c2c(N(c3ccccc3)c3c(-c4ccc5ccccc5c4)ccc4ccccc34)cccc21. The second kappa shape index (κ2) is 9.46. The van der Waals surface area contributed by atoms with Crippen molar-refractivity contribution in [2.45, 2.75) is 19.3 Å². The summed E-state index contributed by atoms with van der Waals surface area (Å²) in [5, 5.41) is 4.96. The number of rotatable bonds is 4. The van der Waals surface area contributed by atoms with Crippen LogP contribution in [0, 0.1) is 0 Å². The van der Waals surface area contributed by atoms with E-state index < -0.39 is 0 Å². The molecule has 7 aromatic carbocycles. The Morgan fingerprint density at radius 1 is 0.476 bits per heavy atom. The first-order valence-corrected chi connectivity index (χ1v) is 14.7. The number of hydrogen-bond donors (Lipinski definition) is 0. The fraction of sp³-hybridized carbons (Fsp3) is 0.0732. The van der Waals surface area contributed by atoms with Crippen LogP contribution in [-0.2, 0) is 5.41 Å². The van der Waals surface area contributed by atoms with Crippen molar-refractivity contribution in [3.05, 3.63) is 163 Å². The van der Waals surface area contributed by atoms with Crippen LogP contribution in [0.1, 0.15) is 25.0 Å². The van der Waals surface area contributed by atoms with Gasteiger partial charge in [0.25, 0.3) is 0 Å². The minimum Gasteiger partial charge on any atom is -0.309 e. The quantitative estimate of drug-likeness (QED) is 0.216. The minimum atomic E-state index is -0.0791. The zero-order chi connectivity index (χ0) is 28.3. The van der Waals surface area contributed by atoms with Gasteiger partial charge >= 0.3 is 0 Å². The average molecular weight is 538 g/mol. The highest BCUT2D eigenvalue weighted by molar-refractivity contribution is 6.09. The lowest BCUT2D eigenvalue weighted by atomic mass is 9.82. The lowest BCUT2D eigenvalue weighted by Gasteiger charge is -2.31. The summed E-state index contributed by atoms with van der Waals surface area (Å²) in [7, 11) is 0. The highest BCUT2D eigenvalue weighted by atomic mass is 15.1. The number of para-hydroxylation sites is 1. The molecule has 200 valence electrons. The van der Waals surface area contributed by atoms with Crippen LogP contribution in [0.15, 0.2) is 152 Å². The first kappa shape index (κ1) is 24.6. The molecular formula is C41H31N. The van der Waals surface area contributed by atoms with E-state index in [-0.39, 0.29) is 5.41 Å². The van der Waals surface area contributed by atoms with Crippen LogP contribution < -0.4 is 4.90 Å². The number of hydrogen-bond acceptors (Lipinski definition) is 1. The molecule has 0 saturated carbocycles. The lowest BCUT2D eigenvalue weighted by molar-refractivity contribution is 0.660. The van der Waals surface area contributed by atoms with E-state index in [9.17, 15) is 0 Å². The Bertz CT molecular complexity index is 2120. The number of fused-ring (bicyclic) bond motifs is 5. The average Bonchev–Trinajstić information content (AvgIpc) is 3.28. The second-order valence-corrected chi connectivity index (χ2v) is 11.8. The van der Waals surface area contributed by atoms with Crippen LogP contribution >= 0.6 is 0 Å². The van der Waals surface area contributed by atoms with Crippen LogP contribution in [0.5, 0.6) is 0 Å². The zero-order valence-corrected chi connectivity index (χ0v) is 23.9. The van der Waals surface area contributed by atoms with E-state index >= 15 is 0 Å². The first-order valence-electron chi connectivity index (χ1n) is 14.7. The maximum Gasteiger partial charge on any atom is 0.0618 e. The summed E-state index contributed by atoms with van der Waals surface area (Å²) < 4.78 is 0. The standard InChI is InChI=1S/C41H31N/c1-41(2)36-20-11-10-19-35(36)39-37(41)21-12-22-38(39)42(32-16-4-3-5-17-32)40-33-18-9-8-14-29(33)25-26-34(40)31-24-23-28-13-6-7-15-30(28)27-31/h3-27H,1-2H3. The Morgan fingerprint density at radius 2 is 1.14 bits per heavy atom. The Morgan fingerprint density at radius 3 is 2.00 bits per heavy atom. The molecule has 0 heterocycles. The number of anilines is 3. The van der Waals surface area contributed by atoms with Gasteiger partial charge in [-0.05, 0) is 62.7 Å². The maximum atomic E-state index is 2.50. The van der Waals surface area contributed by atoms with E-state index in [1.54, 1.807) is 0 Å².